The van der Waals surface area contributed by atoms with Gasteiger partial charge in [-0.2, -0.15) is 12.6 Å². The van der Waals surface area contributed by atoms with Crippen molar-refractivity contribution in [1.82, 2.24) is 15.6 Å². The summed E-state index contributed by atoms with van der Waals surface area (Å²) in [6, 6.07) is 3.70. The Kier molecular flexibility index (Phi) is 7.62. The van der Waals surface area contributed by atoms with Crippen LogP contribution in [0, 0.1) is 0 Å². The van der Waals surface area contributed by atoms with Gasteiger partial charge in [-0.25, -0.2) is 4.79 Å². The van der Waals surface area contributed by atoms with Gasteiger partial charge in [0.1, 0.15) is 12.1 Å². The first-order chi connectivity index (χ1) is 13.7. The standard InChI is InChI=1S/C18H23N5O5S/c19-11(8-29)16(25)22-13(6-15(20)24)17(26)23-14(18(27)28)5-9-7-21-12-4-2-1-3-10(9)12/h1-4,7,11,13-14,21,29H,5-6,8,19H2,(H2,20,24)(H,22,25)(H,23,26)(H,27,28). The number of nitrogens with two attached hydrogens (primary N) is 2. The number of carboxylic acids is 1. The Hall–Kier alpha value is -3.05. The Morgan fingerprint density at radius 1 is 1.10 bits per heavy atom. The lowest BCUT2D eigenvalue weighted by atomic mass is 10.0. The molecule has 0 aliphatic heterocycles. The lowest BCUT2D eigenvalue weighted by Gasteiger charge is -2.21. The van der Waals surface area contributed by atoms with Gasteiger partial charge >= 0.3 is 5.97 Å². The van der Waals surface area contributed by atoms with Crippen LogP contribution in [0.1, 0.15) is 12.0 Å². The van der Waals surface area contributed by atoms with E-state index in [-0.39, 0.29) is 12.2 Å². The van der Waals surface area contributed by atoms with E-state index >= 15 is 0 Å². The Morgan fingerprint density at radius 3 is 2.38 bits per heavy atom. The molecule has 0 fully saturated rings. The van der Waals surface area contributed by atoms with Crippen molar-refractivity contribution in [3.63, 3.8) is 0 Å². The van der Waals surface area contributed by atoms with Crippen LogP contribution in [0.2, 0.25) is 0 Å². The fraction of sp³-hybridized carbons (Fsp3) is 0.333. The third kappa shape index (κ3) is 5.96. The highest BCUT2D eigenvalue weighted by molar-refractivity contribution is 7.80. The highest BCUT2D eigenvalue weighted by Gasteiger charge is 2.29. The third-order valence-electron chi connectivity index (χ3n) is 4.29. The number of aromatic amines is 1. The normalized spacial score (nSPS) is 14.0. The van der Waals surface area contributed by atoms with Crippen LogP contribution < -0.4 is 22.1 Å². The average molecular weight is 421 g/mol. The fourth-order valence-corrected chi connectivity index (χ4v) is 2.93. The Balaban J connectivity index is 2.15. The summed E-state index contributed by atoms with van der Waals surface area (Å²) in [5, 5.41) is 15.0. The van der Waals surface area contributed by atoms with E-state index in [1.54, 1.807) is 6.20 Å². The molecular weight excluding hydrogens is 398 g/mol. The summed E-state index contributed by atoms with van der Waals surface area (Å²) in [6.07, 6.45) is 1.16. The predicted molar refractivity (Wildman–Crippen MR) is 109 cm³/mol. The van der Waals surface area contributed by atoms with Crippen molar-refractivity contribution in [1.29, 1.82) is 0 Å². The van der Waals surface area contributed by atoms with Crippen molar-refractivity contribution >= 4 is 47.2 Å². The number of hydrogen-bond donors (Lipinski definition) is 7. The van der Waals surface area contributed by atoms with Crippen LogP contribution in [0.3, 0.4) is 0 Å². The van der Waals surface area contributed by atoms with Crippen molar-refractivity contribution < 1.29 is 24.3 Å². The fourth-order valence-electron chi connectivity index (χ4n) is 2.76. The van der Waals surface area contributed by atoms with E-state index in [1.807, 2.05) is 24.3 Å². The van der Waals surface area contributed by atoms with Crippen LogP contribution in [-0.2, 0) is 25.6 Å². The van der Waals surface area contributed by atoms with Gasteiger partial charge in [-0.1, -0.05) is 18.2 Å². The van der Waals surface area contributed by atoms with Crippen LogP contribution in [0.5, 0.6) is 0 Å². The molecule has 156 valence electrons. The van der Waals surface area contributed by atoms with E-state index < -0.39 is 48.2 Å². The molecule has 1 aromatic carbocycles. The van der Waals surface area contributed by atoms with Gasteiger partial charge in [0.2, 0.25) is 17.7 Å². The van der Waals surface area contributed by atoms with Gasteiger partial charge in [0, 0.05) is 29.3 Å². The SMILES string of the molecule is NC(=O)CC(NC(=O)C(N)CS)C(=O)NC(Cc1c[nH]c2ccccc12)C(=O)O. The first-order valence-electron chi connectivity index (χ1n) is 8.76. The molecule has 0 bridgehead atoms. The zero-order valence-corrected chi connectivity index (χ0v) is 16.3. The van der Waals surface area contributed by atoms with Crippen molar-refractivity contribution in [2.45, 2.75) is 31.0 Å². The highest BCUT2D eigenvalue weighted by Crippen LogP contribution is 2.19. The number of fused-ring (bicyclic) bond motifs is 1. The third-order valence-corrected chi connectivity index (χ3v) is 4.68. The van der Waals surface area contributed by atoms with E-state index in [0.717, 1.165) is 10.9 Å². The Morgan fingerprint density at radius 2 is 1.76 bits per heavy atom. The molecule has 3 unspecified atom stereocenters. The van der Waals surface area contributed by atoms with Crippen LogP contribution in [0.25, 0.3) is 10.9 Å². The van der Waals surface area contributed by atoms with Crippen molar-refractivity contribution in [3.8, 4) is 0 Å². The molecule has 2 aromatic rings. The first-order valence-corrected chi connectivity index (χ1v) is 9.39. The maximum Gasteiger partial charge on any atom is 0.326 e. The minimum Gasteiger partial charge on any atom is -0.480 e. The van der Waals surface area contributed by atoms with Crippen LogP contribution in [0.15, 0.2) is 30.5 Å². The number of para-hydroxylation sites is 1. The van der Waals surface area contributed by atoms with Crippen LogP contribution in [-0.4, -0.2) is 57.7 Å². The van der Waals surface area contributed by atoms with E-state index in [0.29, 0.717) is 5.56 Å². The molecule has 11 heteroatoms. The van der Waals surface area contributed by atoms with E-state index in [9.17, 15) is 24.3 Å². The molecule has 1 aromatic heterocycles. The summed E-state index contributed by atoms with van der Waals surface area (Å²) in [5.74, 6) is -3.64. The van der Waals surface area contributed by atoms with Crippen molar-refractivity contribution in [3.05, 3.63) is 36.0 Å². The molecule has 29 heavy (non-hydrogen) atoms. The number of thiol groups is 1. The minimum absolute atomic E-state index is 0.00151. The van der Waals surface area contributed by atoms with Gasteiger partial charge in [0.25, 0.3) is 0 Å². The number of nitrogens with one attached hydrogen (secondary N) is 3. The molecule has 0 saturated carbocycles. The van der Waals surface area contributed by atoms with E-state index in [2.05, 4.69) is 28.2 Å². The molecule has 0 saturated heterocycles. The van der Waals surface area contributed by atoms with Crippen molar-refractivity contribution in [2.75, 3.05) is 5.75 Å². The second kappa shape index (κ2) is 9.94. The molecule has 3 atom stereocenters. The summed E-state index contributed by atoms with van der Waals surface area (Å²) in [5.41, 5.74) is 12.2. The average Bonchev–Trinajstić information content (AvgIpc) is 3.08. The number of aliphatic carboxylic acids is 1. The Bertz CT molecular complexity index is 915. The number of benzene rings is 1. The molecule has 0 aliphatic rings. The van der Waals surface area contributed by atoms with E-state index in [1.165, 1.54) is 0 Å². The largest absolute Gasteiger partial charge is 0.480 e. The zero-order valence-electron chi connectivity index (χ0n) is 15.4. The monoisotopic (exact) mass is 421 g/mol. The van der Waals surface area contributed by atoms with Gasteiger partial charge in [-0.3, -0.25) is 14.4 Å². The number of amides is 3. The second-order valence-corrected chi connectivity index (χ2v) is 6.85. The molecule has 1 heterocycles. The van der Waals surface area contributed by atoms with E-state index in [4.69, 9.17) is 11.5 Å². The first kappa shape index (κ1) is 22.2. The predicted octanol–water partition coefficient (Wildman–Crippen LogP) is -1.10. The molecular formula is C18H23N5O5S. The summed E-state index contributed by atoms with van der Waals surface area (Å²) in [4.78, 5) is 50.5. The second-order valence-electron chi connectivity index (χ2n) is 6.48. The summed E-state index contributed by atoms with van der Waals surface area (Å²) < 4.78 is 0. The highest BCUT2D eigenvalue weighted by atomic mass is 32.1. The molecule has 0 radical (unpaired) electrons. The maximum atomic E-state index is 12.6. The number of rotatable bonds is 10. The van der Waals surface area contributed by atoms with Crippen molar-refractivity contribution in [2.24, 2.45) is 11.5 Å². The number of aromatic nitrogens is 1. The van der Waals surface area contributed by atoms with Crippen LogP contribution in [0.4, 0.5) is 0 Å². The van der Waals surface area contributed by atoms with Gasteiger partial charge in [0.05, 0.1) is 12.5 Å². The number of carbonyl (C=O) groups is 4. The number of hydrogen-bond acceptors (Lipinski definition) is 6. The van der Waals surface area contributed by atoms with Crippen LogP contribution >= 0.6 is 12.6 Å². The number of primary amides is 1. The maximum absolute atomic E-state index is 12.6. The summed E-state index contributed by atoms with van der Waals surface area (Å²) >= 11 is 3.90. The quantitative estimate of drug-likeness (QED) is 0.239. The zero-order chi connectivity index (χ0) is 21.6. The topological polar surface area (TPSA) is 180 Å². The molecule has 8 N–H and O–H groups in total. The Labute approximate surface area is 171 Å². The molecule has 10 nitrogen and oxygen atoms in total. The molecule has 3 amide bonds. The summed E-state index contributed by atoms with van der Waals surface area (Å²) in [6.45, 7) is 0. The van der Waals surface area contributed by atoms with Gasteiger partial charge in [0.15, 0.2) is 0 Å². The van der Waals surface area contributed by atoms with Gasteiger partial charge in [-0.05, 0) is 11.6 Å². The lowest BCUT2D eigenvalue weighted by Crippen LogP contribution is -2.56. The van der Waals surface area contributed by atoms with Gasteiger partial charge < -0.3 is 32.2 Å². The summed E-state index contributed by atoms with van der Waals surface area (Å²) in [7, 11) is 0. The molecule has 2 rings (SSSR count). The lowest BCUT2D eigenvalue weighted by molar-refractivity contribution is -0.142. The number of carbonyl (C=O) groups excluding carboxylic acids is 3. The smallest absolute Gasteiger partial charge is 0.326 e. The van der Waals surface area contributed by atoms with Gasteiger partial charge in [-0.15, -0.1) is 0 Å². The number of H-pyrrole nitrogens is 1. The molecule has 0 aliphatic carbocycles. The molecule has 0 spiro atoms. The number of carboxylic acid groups (broad SMARTS) is 1. The minimum atomic E-state index is -1.35.